The third kappa shape index (κ3) is 2.95. The molecule has 5 nitrogen and oxygen atoms in total. The second-order valence-corrected chi connectivity index (χ2v) is 5.74. The number of aromatic nitrogens is 2. The van der Waals surface area contributed by atoms with E-state index >= 15 is 0 Å². The van der Waals surface area contributed by atoms with Crippen molar-refractivity contribution in [3.05, 3.63) is 47.0 Å². The normalized spacial score (nSPS) is 14.8. The minimum absolute atomic E-state index is 0.116. The van der Waals surface area contributed by atoms with Gasteiger partial charge in [0, 0.05) is 30.0 Å². The molecular weight excluding hydrogens is 283 g/mol. The highest BCUT2D eigenvalue weighted by Gasteiger charge is 2.30. The van der Waals surface area contributed by atoms with E-state index in [4.69, 9.17) is 0 Å². The Hall–Kier alpha value is -2.37. The molecule has 1 saturated heterocycles. The van der Waals surface area contributed by atoms with Gasteiger partial charge in [-0.25, -0.2) is 4.39 Å². The van der Waals surface area contributed by atoms with Crippen LogP contribution in [0.15, 0.2) is 24.3 Å². The van der Waals surface area contributed by atoms with E-state index in [0.29, 0.717) is 19.5 Å². The molecule has 1 aromatic carbocycles. The maximum atomic E-state index is 12.8. The highest BCUT2D eigenvalue weighted by atomic mass is 19.1. The minimum atomic E-state index is -0.248. The van der Waals surface area contributed by atoms with Crippen molar-refractivity contribution >= 4 is 11.6 Å². The molecule has 0 unspecified atom stereocenters. The third-order valence-corrected chi connectivity index (χ3v) is 4.06. The summed E-state index contributed by atoms with van der Waals surface area (Å²) >= 11 is 0. The first-order valence-corrected chi connectivity index (χ1v) is 7.33. The second kappa shape index (κ2) is 5.79. The summed E-state index contributed by atoms with van der Waals surface area (Å²) in [5.74, 6) is -0.133. The first-order chi connectivity index (χ1) is 10.5. The number of aryl methyl sites for hydroxylation is 2. The van der Waals surface area contributed by atoms with Crippen LogP contribution >= 0.6 is 0 Å². The number of aromatic amines is 1. The zero-order valence-corrected chi connectivity index (χ0v) is 12.7. The molecule has 0 radical (unpaired) electrons. The lowest BCUT2D eigenvalue weighted by molar-refractivity contribution is -0.134. The number of nitrogens with one attached hydrogen (secondary N) is 2. The van der Waals surface area contributed by atoms with Gasteiger partial charge in [0.15, 0.2) is 0 Å². The zero-order valence-electron chi connectivity index (χ0n) is 12.7. The maximum Gasteiger partial charge on any atom is 0.227 e. The van der Waals surface area contributed by atoms with Crippen LogP contribution in [0.25, 0.3) is 0 Å². The SMILES string of the molecule is Cc1n[nH]c(C)c1CC(=O)N1CC(Nc2ccc(F)cc2)C1. The van der Waals surface area contributed by atoms with Gasteiger partial charge in [-0.2, -0.15) is 5.10 Å². The van der Waals surface area contributed by atoms with Gasteiger partial charge in [0.2, 0.25) is 5.91 Å². The van der Waals surface area contributed by atoms with Gasteiger partial charge in [-0.3, -0.25) is 9.89 Å². The number of rotatable bonds is 4. The molecule has 2 aromatic rings. The molecule has 0 spiro atoms. The highest BCUT2D eigenvalue weighted by Crippen LogP contribution is 2.18. The van der Waals surface area contributed by atoms with Crippen molar-refractivity contribution in [2.24, 2.45) is 0 Å². The van der Waals surface area contributed by atoms with Crippen molar-refractivity contribution in [1.29, 1.82) is 0 Å². The fourth-order valence-corrected chi connectivity index (χ4v) is 2.65. The zero-order chi connectivity index (χ0) is 15.7. The molecule has 0 saturated carbocycles. The molecule has 1 aromatic heterocycles. The summed E-state index contributed by atoms with van der Waals surface area (Å²) < 4.78 is 12.8. The molecule has 3 rings (SSSR count). The van der Waals surface area contributed by atoms with E-state index in [1.54, 1.807) is 12.1 Å². The summed E-state index contributed by atoms with van der Waals surface area (Å²) in [4.78, 5) is 14.1. The predicted octanol–water partition coefficient (Wildman–Crippen LogP) is 2.03. The van der Waals surface area contributed by atoms with Crippen LogP contribution in [0, 0.1) is 19.7 Å². The first-order valence-electron chi connectivity index (χ1n) is 7.33. The van der Waals surface area contributed by atoms with E-state index in [1.165, 1.54) is 12.1 Å². The third-order valence-electron chi connectivity index (χ3n) is 4.06. The van der Waals surface area contributed by atoms with Crippen molar-refractivity contribution in [2.45, 2.75) is 26.3 Å². The Morgan fingerprint density at radius 3 is 2.64 bits per heavy atom. The molecular formula is C16H19FN4O. The molecule has 0 bridgehead atoms. The van der Waals surface area contributed by atoms with E-state index in [0.717, 1.165) is 22.6 Å². The maximum absolute atomic E-state index is 12.8. The summed E-state index contributed by atoms with van der Waals surface area (Å²) in [7, 11) is 0. The quantitative estimate of drug-likeness (QED) is 0.908. The summed E-state index contributed by atoms with van der Waals surface area (Å²) in [6.45, 7) is 5.18. The van der Waals surface area contributed by atoms with Crippen LogP contribution in [0.5, 0.6) is 0 Å². The highest BCUT2D eigenvalue weighted by molar-refractivity contribution is 5.80. The molecule has 1 amide bonds. The number of amides is 1. The summed E-state index contributed by atoms with van der Waals surface area (Å²) in [6, 6.07) is 6.49. The minimum Gasteiger partial charge on any atom is -0.379 e. The molecule has 1 aliphatic rings. The molecule has 2 N–H and O–H groups in total. The van der Waals surface area contributed by atoms with Gasteiger partial charge < -0.3 is 10.2 Å². The van der Waals surface area contributed by atoms with Gasteiger partial charge in [0.25, 0.3) is 0 Å². The molecule has 0 atom stereocenters. The Morgan fingerprint density at radius 1 is 1.36 bits per heavy atom. The molecule has 6 heteroatoms. The van der Waals surface area contributed by atoms with Crippen LogP contribution in [-0.4, -0.2) is 40.1 Å². The van der Waals surface area contributed by atoms with Crippen molar-refractivity contribution < 1.29 is 9.18 Å². The Kier molecular flexibility index (Phi) is 3.83. The van der Waals surface area contributed by atoms with Crippen molar-refractivity contribution in [2.75, 3.05) is 18.4 Å². The smallest absolute Gasteiger partial charge is 0.227 e. The average molecular weight is 302 g/mol. The Balaban J connectivity index is 1.50. The lowest BCUT2D eigenvalue weighted by Gasteiger charge is -2.40. The van der Waals surface area contributed by atoms with Crippen LogP contribution in [0.3, 0.4) is 0 Å². The van der Waals surface area contributed by atoms with Crippen molar-refractivity contribution in [3.63, 3.8) is 0 Å². The van der Waals surface area contributed by atoms with Crippen LogP contribution in [-0.2, 0) is 11.2 Å². The van der Waals surface area contributed by atoms with Crippen LogP contribution in [0.1, 0.15) is 17.0 Å². The van der Waals surface area contributed by atoms with E-state index in [2.05, 4.69) is 15.5 Å². The largest absolute Gasteiger partial charge is 0.379 e. The average Bonchev–Trinajstić information content (AvgIpc) is 2.76. The first kappa shape index (κ1) is 14.6. The van der Waals surface area contributed by atoms with Gasteiger partial charge in [0.05, 0.1) is 18.2 Å². The Labute approximate surface area is 128 Å². The lowest BCUT2D eigenvalue weighted by Crippen LogP contribution is -2.57. The Morgan fingerprint density at radius 2 is 2.05 bits per heavy atom. The summed E-state index contributed by atoms with van der Waals surface area (Å²) in [5, 5.41) is 10.3. The van der Waals surface area contributed by atoms with E-state index in [9.17, 15) is 9.18 Å². The summed E-state index contributed by atoms with van der Waals surface area (Å²) in [5.41, 5.74) is 3.69. The van der Waals surface area contributed by atoms with Crippen molar-refractivity contribution in [3.8, 4) is 0 Å². The number of anilines is 1. The predicted molar refractivity (Wildman–Crippen MR) is 82.2 cm³/mol. The van der Waals surface area contributed by atoms with Crippen LogP contribution in [0.4, 0.5) is 10.1 Å². The van der Waals surface area contributed by atoms with Crippen molar-refractivity contribution in [1.82, 2.24) is 15.1 Å². The van der Waals surface area contributed by atoms with Gasteiger partial charge in [-0.1, -0.05) is 0 Å². The number of H-pyrrole nitrogens is 1. The number of halogens is 1. The molecule has 1 fully saturated rings. The van der Waals surface area contributed by atoms with Gasteiger partial charge in [-0.15, -0.1) is 0 Å². The molecule has 0 aliphatic carbocycles. The van der Waals surface area contributed by atoms with E-state index in [-0.39, 0.29) is 17.8 Å². The van der Waals surface area contributed by atoms with Gasteiger partial charge >= 0.3 is 0 Å². The van der Waals surface area contributed by atoms with Gasteiger partial charge in [0.1, 0.15) is 5.82 Å². The molecule has 2 heterocycles. The number of carbonyl (C=O) groups excluding carboxylic acids is 1. The number of nitrogens with zero attached hydrogens (tertiary/aromatic N) is 2. The lowest BCUT2D eigenvalue weighted by atomic mass is 10.0. The molecule has 1 aliphatic heterocycles. The van der Waals surface area contributed by atoms with Crippen LogP contribution in [0.2, 0.25) is 0 Å². The van der Waals surface area contributed by atoms with E-state index in [1.807, 2.05) is 18.7 Å². The summed E-state index contributed by atoms with van der Waals surface area (Å²) in [6.07, 6.45) is 0.386. The number of hydrogen-bond acceptors (Lipinski definition) is 3. The second-order valence-electron chi connectivity index (χ2n) is 5.74. The standard InChI is InChI=1S/C16H19FN4O/c1-10-15(11(2)20-19-10)7-16(22)21-8-14(9-21)18-13-5-3-12(17)4-6-13/h3-6,14,18H,7-9H2,1-2H3,(H,19,20). The number of hydrogen-bond donors (Lipinski definition) is 2. The fraction of sp³-hybridized carbons (Fsp3) is 0.375. The molecule has 22 heavy (non-hydrogen) atoms. The monoisotopic (exact) mass is 302 g/mol. The number of carbonyl (C=O) groups is 1. The topological polar surface area (TPSA) is 61.0 Å². The number of benzene rings is 1. The Bertz CT molecular complexity index is 654. The molecule has 116 valence electrons. The van der Waals surface area contributed by atoms with E-state index < -0.39 is 0 Å². The van der Waals surface area contributed by atoms with Gasteiger partial charge in [-0.05, 0) is 38.1 Å². The number of likely N-dealkylation sites (tertiary alicyclic amines) is 1. The van der Waals surface area contributed by atoms with Crippen LogP contribution < -0.4 is 5.32 Å². The fourth-order valence-electron chi connectivity index (χ4n) is 2.65.